The average molecular weight is 465 g/mol. The van der Waals surface area contributed by atoms with Gasteiger partial charge < -0.3 is 9.80 Å². The Morgan fingerprint density at radius 3 is 2.60 bits per heavy atom. The second-order valence-electron chi connectivity index (χ2n) is 7.90. The molecule has 2 amide bonds. The van der Waals surface area contributed by atoms with Crippen molar-refractivity contribution in [3.63, 3.8) is 0 Å². The first-order chi connectivity index (χ1) is 14.5. The third-order valence-electron chi connectivity index (χ3n) is 5.82. The molecule has 0 bridgehead atoms. The second kappa shape index (κ2) is 9.00. The lowest BCUT2D eigenvalue weighted by Gasteiger charge is -2.34. The zero-order chi connectivity index (χ0) is 21.1. The summed E-state index contributed by atoms with van der Waals surface area (Å²) in [6.45, 7) is 1.72. The molecule has 1 fully saturated rings. The summed E-state index contributed by atoms with van der Waals surface area (Å²) in [7, 11) is 1.84. The lowest BCUT2D eigenvalue weighted by atomic mass is 9.95. The summed E-state index contributed by atoms with van der Waals surface area (Å²) in [6.07, 6.45) is 1.66. The molecule has 4 nitrogen and oxygen atoms in total. The van der Waals surface area contributed by atoms with Gasteiger partial charge in [0.1, 0.15) is 0 Å². The first-order valence-electron chi connectivity index (χ1n) is 10.3. The number of hydrogen-bond donors (Lipinski definition) is 0. The summed E-state index contributed by atoms with van der Waals surface area (Å²) in [4.78, 5) is 30.0. The highest BCUT2D eigenvalue weighted by Crippen LogP contribution is 2.25. The molecule has 1 unspecified atom stereocenters. The van der Waals surface area contributed by atoms with Crippen LogP contribution in [-0.4, -0.2) is 41.8 Å². The number of rotatable bonds is 4. The third kappa shape index (κ3) is 4.26. The molecule has 0 saturated carbocycles. The lowest BCUT2D eigenvalue weighted by Crippen LogP contribution is -2.45. The highest BCUT2D eigenvalue weighted by molar-refractivity contribution is 9.10. The Morgan fingerprint density at radius 2 is 1.77 bits per heavy atom. The highest BCUT2D eigenvalue weighted by Gasteiger charge is 2.31. The Labute approximate surface area is 185 Å². The van der Waals surface area contributed by atoms with Gasteiger partial charge in [-0.15, -0.1) is 0 Å². The van der Waals surface area contributed by atoms with E-state index in [1.54, 1.807) is 4.90 Å². The van der Waals surface area contributed by atoms with E-state index in [0.717, 1.165) is 33.7 Å². The van der Waals surface area contributed by atoms with E-state index in [4.69, 9.17) is 0 Å². The van der Waals surface area contributed by atoms with Gasteiger partial charge in [0.15, 0.2) is 0 Å². The van der Waals surface area contributed by atoms with Gasteiger partial charge >= 0.3 is 0 Å². The van der Waals surface area contributed by atoms with Crippen LogP contribution in [0.3, 0.4) is 0 Å². The van der Waals surface area contributed by atoms with Crippen LogP contribution in [0.4, 0.5) is 0 Å². The predicted octanol–water partition coefficient (Wildman–Crippen LogP) is 5.11. The van der Waals surface area contributed by atoms with E-state index in [2.05, 4.69) is 15.9 Å². The first-order valence-corrected chi connectivity index (χ1v) is 11.1. The standard InChI is InChI=1S/C25H25BrN2O2/c1-27(16-19-9-3-5-14-23(19)26)24(29)20-11-7-15-28(17-20)25(30)22-13-6-10-18-8-2-4-12-21(18)22/h2-6,8-10,12-14,20H,7,11,15-17H2,1H3. The van der Waals surface area contributed by atoms with E-state index in [0.29, 0.717) is 25.2 Å². The molecule has 1 aliphatic rings. The Balaban J connectivity index is 1.48. The largest absolute Gasteiger partial charge is 0.341 e. The van der Waals surface area contributed by atoms with Crippen molar-refractivity contribution in [2.24, 2.45) is 5.92 Å². The summed E-state index contributed by atoms with van der Waals surface area (Å²) in [5.74, 6) is -0.0518. The van der Waals surface area contributed by atoms with Crippen LogP contribution in [0.15, 0.2) is 71.2 Å². The molecule has 5 heteroatoms. The van der Waals surface area contributed by atoms with Gasteiger partial charge in [0, 0.05) is 36.7 Å². The highest BCUT2D eigenvalue weighted by atomic mass is 79.9. The monoisotopic (exact) mass is 464 g/mol. The van der Waals surface area contributed by atoms with Gasteiger partial charge in [0.2, 0.25) is 5.91 Å². The molecule has 4 rings (SSSR count). The quantitative estimate of drug-likeness (QED) is 0.537. The molecule has 1 atom stereocenters. The minimum absolute atomic E-state index is 0.0118. The van der Waals surface area contributed by atoms with Gasteiger partial charge in [-0.1, -0.05) is 70.5 Å². The minimum atomic E-state index is -0.162. The van der Waals surface area contributed by atoms with Crippen molar-refractivity contribution in [3.8, 4) is 0 Å². The van der Waals surface area contributed by atoms with E-state index in [-0.39, 0.29) is 17.7 Å². The van der Waals surface area contributed by atoms with Crippen LogP contribution in [0.25, 0.3) is 10.8 Å². The number of likely N-dealkylation sites (tertiary alicyclic amines) is 1. The number of carbonyl (C=O) groups excluding carboxylic acids is 2. The summed E-state index contributed by atoms with van der Waals surface area (Å²) in [6, 6.07) is 21.7. The van der Waals surface area contributed by atoms with Crippen LogP contribution in [-0.2, 0) is 11.3 Å². The smallest absolute Gasteiger partial charge is 0.254 e. The summed E-state index contributed by atoms with van der Waals surface area (Å²) < 4.78 is 1.00. The van der Waals surface area contributed by atoms with Crippen molar-refractivity contribution in [1.29, 1.82) is 0 Å². The van der Waals surface area contributed by atoms with Crippen LogP contribution in [0.1, 0.15) is 28.8 Å². The van der Waals surface area contributed by atoms with E-state index < -0.39 is 0 Å². The van der Waals surface area contributed by atoms with Gasteiger partial charge in [0.05, 0.1) is 5.92 Å². The van der Waals surface area contributed by atoms with Gasteiger partial charge in [0.25, 0.3) is 5.91 Å². The van der Waals surface area contributed by atoms with Crippen LogP contribution in [0.5, 0.6) is 0 Å². The Kier molecular flexibility index (Phi) is 6.18. The maximum Gasteiger partial charge on any atom is 0.254 e. The van der Waals surface area contributed by atoms with E-state index in [1.807, 2.05) is 78.7 Å². The van der Waals surface area contributed by atoms with Crippen LogP contribution in [0.2, 0.25) is 0 Å². The fourth-order valence-electron chi connectivity index (χ4n) is 4.22. The van der Waals surface area contributed by atoms with Gasteiger partial charge in [-0.3, -0.25) is 9.59 Å². The van der Waals surface area contributed by atoms with Crippen molar-refractivity contribution in [2.45, 2.75) is 19.4 Å². The van der Waals surface area contributed by atoms with E-state index in [1.165, 1.54) is 0 Å². The summed E-state index contributed by atoms with van der Waals surface area (Å²) >= 11 is 3.55. The zero-order valence-electron chi connectivity index (χ0n) is 17.1. The number of carbonyl (C=O) groups is 2. The van der Waals surface area contributed by atoms with Gasteiger partial charge in [-0.05, 0) is 41.3 Å². The van der Waals surface area contributed by atoms with E-state index >= 15 is 0 Å². The molecular weight excluding hydrogens is 440 g/mol. The van der Waals surface area contributed by atoms with Crippen molar-refractivity contribution in [3.05, 3.63) is 82.3 Å². The van der Waals surface area contributed by atoms with Crippen molar-refractivity contribution in [2.75, 3.05) is 20.1 Å². The van der Waals surface area contributed by atoms with Crippen molar-refractivity contribution < 1.29 is 9.59 Å². The van der Waals surface area contributed by atoms with Crippen LogP contribution in [0, 0.1) is 5.92 Å². The average Bonchev–Trinajstić information content (AvgIpc) is 2.79. The predicted molar refractivity (Wildman–Crippen MR) is 123 cm³/mol. The number of benzene rings is 3. The molecule has 30 heavy (non-hydrogen) atoms. The summed E-state index contributed by atoms with van der Waals surface area (Å²) in [5, 5.41) is 2.02. The fourth-order valence-corrected chi connectivity index (χ4v) is 4.63. The molecule has 1 saturated heterocycles. The topological polar surface area (TPSA) is 40.6 Å². The zero-order valence-corrected chi connectivity index (χ0v) is 18.6. The molecule has 0 radical (unpaired) electrons. The first kappa shape index (κ1) is 20.6. The van der Waals surface area contributed by atoms with Crippen LogP contribution < -0.4 is 0 Å². The third-order valence-corrected chi connectivity index (χ3v) is 6.59. The van der Waals surface area contributed by atoms with E-state index in [9.17, 15) is 9.59 Å². The van der Waals surface area contributed by atoms with Crippen LogP contribution >= 0.6 is 15.9 Å². The molecular formula is C25H25BrN2O2. The molecule has 1 aliphatic heterocycles. The normalized spacial score (nSPS) is 16.5. The Bertz CT molecular complexity index is 1080. The number of fused-ring (bicyclic) bond motifs is 1. The van der Waals surface area contributed by atoms with Gasteiger partial charge in [-0.2, -0.15) is 0 Å². The number of amides is 2. The Morgan fingerprint density at radius 1 is 1.03 bits per heavy atom. The molecule has 3 aromatic carbocycles. The second-order valence-corrected chi connectivity index (χ2v) is 8.76. The van der Waals surface area contributed by atoms with Crippen molar-refractivity contribution >= 4 is 38.5 Å². The Hall–Kier alpha value is -2.66. The molecule has 0 spiro atoms. The van der Waals surface area contributed by atoms with Gasteiger partial charge in [-0.25, -0.2) is 0 Å². The molecule has 1 heterocycles. The lowest BCUT2D eigenvalue weighted by molar-refractivity contribution is -0.136. The molecule has 0 aliphatic carbocycles. The number of hydrogen-bond acceptors (Lipinski definition) is 2. The number of piperidine rings is 1. The molecule has 0 aromatic heterocycles. The number of nitrogens with zero attached hydrogens (tertiary/aromatic N) is 2. The van der Waals surface area contributed by atoms with Crippen molar-refractivity contribution in [1.82, 2.24) is 9.80 Å². The number of halogens is 1. The SMILES string of the molecule is CN(Cc1ccccc1Br)C(=O)C1CCCN(C(=O)c2cccc3ccccc23)C1. The molecule has 0 N–H and O–H groups in total. The summed E-state index contributed by atoms with van der Waals surface area (Å²) in [5.41, 5.74) is 1.79. The molecule has 154 valence electrons. The maximum absolute atomic E-state index is 13.3. The maximum atomic E-state index is 13.3. The minimum Gasteiger partial charge on any atom is -0.341 e. The molecule has 3 aromatic rings. The fraction of sp³-hybridized carbons (Fsp3) is 0.280.